The Hall–Kier alpha value is -1.57. The van der Waals surface area contributed by atoms with E-state index in [0.717, 1.165) is 18.5 Å². The molecule has 0 spiro atoms. The fraction of sp³-hybridized carbons (Fsp3) is 0.667. The number of amides is 1. The van der Waals surface area contributed by atoms with Gasteiger partial charge in [-0.25, -0.2) is 9.89 Å². The van der Waals surface area contributed by atoms with Crippen LogP contribution >= 0.6 is 15.9 Å². The first kappa shape index (κ1) is 16.3. The zero-order valence-corrected chi connectivity index (χ0v) is 15.1. The van der Waals surface area contributed by atoms with Gasteiger partial charge in [0.05, 0.1) is 11.9 Å². The summed E-state index contributed by atoms with van der Waals surface area (Å²) in [5.41, 5.74) is 0.0639. The lowest BCUT2D eigenvalue weighted by molar-refractivity contribution is 0.0209. The molecule has 2 saturated heterocycles. The number of carbonyl (C=O) groups is 1. The smallest absolute Gasteiger partial charge is 0.410 e. The number of ether oxygens (including phenoxy) is 1. The quantitative estimate of drug-likeness (QED) is 0.801. The molecule has 1 amide bonds. The van der Waals surface area contributed by atoms with Crippen molar-refractivity contribution in [2.45, 2.75) is 51.3 Å². The van der Waals surface area contributed by atoms with Crippen LogP contribution < -0.4 is 10.5 Å². The van der Waals surface area contributed by atoms with Gasteiger partial charge in [0.15, 0.2) is 0 Å². The van der Waals surface area contributed by atoms with Gasteiger partial charge >= 0.3 is 6.09 Å². The monoisotopic (exact) mass is 384 g/mol. The number of aromatic nitrogens is 2. The minimum absolute atomic E-state index is 0.182. The largest absolute Gasteiger partial charge is 0.444 e. The number of rotatable bonds is 1. The predicted molar refractivity (Wildman–Crippen MR) is 89.7 cm³/mol. The normalized spacial score (nSPS) is 24.0. The van der Waals surface area contributed by atoms with Crippen molar-refractivity contribution in [3.05, 3.63) is 21.0 Å². The van der Waals surface area contributed by atoms with Gasteiger partial charge in [-0.05, 0) is 49.5 Å². The summed E-state index contributed by atoms with van der Waals surface area (Å²) >= 11 is 3.35. The molecule has 1 aromatic heterocycles. The van der Waals surface area contributed by atoms with Gasteiger partial charge in [-0.3, -0.25) is 4.79 Å². The Labute approximate surface area is 143 Å². The summed E-state index contributed by atoms with van der Waals surface area (Å²) in [5, 5.41) is 6.32. The number of likely N-dealkylation sites (tertiary alicyclic amines) is 1. The lowest BCUT2D eigenvalue weighted by Gasteiger charge is -2.42. The molecule has 3 heterocycles. The van der Waals surface area contributed by atoms with E-state index in [2.05, 4.69) is 31.0 Å². The maximum Gasteiger partial charge on any atom is 0.410 e. The van der Waals surface area contributed by atoms with Crippen molar-refractivity contribution in [1.29, 1.82) is 0 Å². The van der Waals surface area contributed by atoms with Crippen LogP contribution in [0.15, 0.2) is 15.5 Å². The molecule has 2 atom stereocenters. The summed E-state index contributed by atoms with van der Waals surface area (Å²) < 4.78 is 5.97. The van der Waals surface area contributed by atoms with Crippen LogP contribution in [-0.2, 0) is 4.74 Å². The number of piperazine rings is 1. The predicted octanol–water partition coefficient (Wildman–Crippen LogP) is 2.12. The molecule has 0 aromatic carbocycles. The maximum absolute atomic E-state index is 12.3. The standard InChI is InChI=1S/C15H21BrN4O3/c1-15(2,3)23-14(22)19-7-9-4-5-10(8-19)20(9)11-6-17-18-13(21)12(11)16/h6,9-10H,4-5,7-8H2,1-3H3,(H,18,21). The van der Waals surface area contributed by atoms with Gasteiger partial charge in [-0.1, -0.05) is 0 Å². The molecule has 23 heavy (non-hydrogen) atoms. The van der Waals surface area contributed by atoms with Crippen molar-refractivity contribution in [2.75, 3.05) is 18.0 Å². The third kappa shape index (κ3) is 3.22. The van der Waals surface area contributed by atoms with Gasteiger partial charge in [0.2, 0.25) is 0 Å². The molecule has 1 N–H and O–H groups in total. The summed E-state index contributed by atoms with van der Waals surface area (Å²) in [7, 11) is 0. The molecule has 1 aromatic rings. The zero-order valence-electron chi connectivity index (χ0n) is 13.5. The van der Waals surface area contributed by atoms with Gasteiger partial charge in [0, 0.05) is 25.2 Å². The zero-order chi connectivity index (χ0) is 16.8. The van der Waals surface area contributed by atoms with Crippen LogP contribution in [0.3, 0.4) is 0 Å². The van der Waals surface area contributed by atoms with Crippen molar-refractivity contribution >= 4 is 27.7 Å². The van der Waals surface area contributed by atoms with Gasteiger partial charge in [-0.15, -0.1) is 0 Å². The van der Waals surface area contributed by atoms with Crippen LogP contribution in [0.25, 0.3) is 0 Å². The number of halogens is 1. The van der Waals surface area contributed by atoms with Crippen molar-refractivity contribution in [1.82, 2.24) is 15.1 Å². The molecular formula is C15H21BrN4O3. The third-order valence-electron chi connectivity index (χ3n) is 4.19. The van der Waals surface area contributed by atoms with Crippen LogP contribution in [0.4, 0.5) is 10.5 Å². The molecule has 2 unspecified atom stereocenters. The first-order chi connectivity index (χ1) is 10.8. The Bertz CT molecular complexity index is 655. The average molecular weight is 385 g/mol. The minimum atomic E-state index is -0.493. The highest BCUT2D eigenvalue weighted by Gasteiger charge is 2.43. The second kappa shape index (κ2) is 5.81. The van der Waals surface area contributed by atoms with E-state index in [1.165, 1.54) is 0 Å². The first-order valence-electron chi connectivity index (χ1n) is 7.76. The maximum atomic E-state index is 12.3. The van der Waals surface area contributed by atoms with E-state index in [4.69, 9.17) is 4.74 Å². The van der Waals surface area contributed by atoms with E-state index >= 15 is 0 Å². The van der Waals surface area contributed by atoms with E-state index in [9.17, 15) is 9.59 Å². The number of nitrogens with zero attached hydrogens (tertiary/aromatic N) is 3. The Morgan fingerprint density at radius 3 is 2.52 bits per heavy atom. The second-order valence-electron chi connectivity index (χ2n) is 7.08. The van der Waals surface area contributed by atoms with Crippen LogP contribution in [0.1, 0.15) is 33.6 Å². The molecule has 2 aliphatic heterocycles. The van der Waals surface area contributed by atoms with E-state index in [0.29, 0.717) is 17.6 Å². The molecule has 2 aliphatic rings. The summed E-state index contributed by atoms with van der Waals surface area (Å²) in [6.07, 6.45) is 3.38. The molecule has 126 valence electrons. The SMILES string of the molecule is CC(C)(C)OC(=O)N1CC2CCC(C1)N2c1cn[nH]c(=O)c1Br. The number of fused-ring (bicyclic) bond motifs is 2. The molecule has 0 radical (unpaired) electrons. The average Bonchev–Trinajstić information content (AvgIpc) is 2.70. The molecule has 3 rings (SSSR count). The fourth-order valence-corrected chi connectivity index (χ4v) is 3.72. The number of hydrogen-bond acceptors (Lipinski definition) is 5. The highest BCUT2D eigenvalue weighted by atomic mass is 79.9. The van der Waals surface area contributed by atoms with Gasteiger partial charge in [0.25, 0.3) is 5.56 Å². The van der Waals surface area contributed by atoms with E-state index in [-0.39, 0.29) is 23.7 Å². The molecule has 7 nitrogen and oxygen atoms in total. The van der Waals surface area contributed by atoms with Crippen molar-refractivity contribution in [3.63, 3.8) is 0 Å². The highest BCUT2D eigenvalue weighted by molar-refractivity contribution is 9.10. The Balaban J connectivity index is 1.79. The lowest BCUT2D eigenvalue weighted by atomic mass is 10.1. The van der Waals surface area contributed by atoms with Crippen LogP contribution in [0, 0.1) is 0 Å². The third-order valence-corrected chi connectivity index (χ3v) is 4.96. The van der Waals surface area contributed by atoms with Crippen LogP contribution in [-0.4, -0.2) is 52.0 Å². The van der Waals surface area contributed by atoms with Crippen LogP contribution in [0.5, 0.6) is 0 Å². The second-order valence-corrected chi connectivity index (χ2v) is 7.87. The Morgan fingerprint density at radius 1 is 1.35 bits per heavy atom. The van der Waals surface area contributed by atoms with Crippen molar-refractivity contribution in [3.8, 4) is 0 Å². The summed E-state index contributed by atoms with van der Waals surface area (Å²) in [6, 6.07) is 0.363. The van der Waals surface area contributed by atoms with E-state index < -0.39 is 5.60 Å². The fourth-order valence-electron chi connectivity index (χ4n) is 3.33. The van der Waals surface area contributed by atoms with Gasteiger partial charge in [0.1, 0.15) is 10.1 Å². The highest BCUT2D eigenvalue weighted by Crippen LogP contribution is 2.37. The lowest BCUT2D eigenvalue weighted by Crippen LogP contribution is -2.56. The summed E-state index contributed by atoms with van der Waals surface area (Å²) in [6.45, 7) is 6.81. The number of anilines is 1. The first-order valence-corrected chi connectivity index (χ1v) is 8.55. The van der Waals surface area contributed by atoms with Gasteiger partial charge in [-0.2, -0.15) is 5.10 Å². The number of carbonyl (C=O) groups excluding carboxylic acids is 1. The molecule has 2 bridgehead atoms. The summed E-state index contributed by atoms with van der Waals surface area (Å²) in [5.74, 6) is 0. The summed E-state index contributed by atoms with van der Waals surface area (Å²) in [4.78, 5) is 28.1. The Kier molecular flexibility index (Phi) is 4.12. The van der Waals surface area contributed by atoms with E-state index in [1.54, 1.807) is 11.1 Å². The molecule has 2 fully saturated rings. The minimum Gasteiger partial charge on any atom is -0.444 e. The van der Waals surface area contributed by atoms with Crippen molar-refractivity contribution in [2.24, 2.45) is 0 Å². The van der Waals surface area contributed by atoms with Gasteiger partial charge < -0.3 is 14.5 Å². The number of aromatic amines is 1. The van der Waals surface area contributed by atoms with E-state index in [1.807, 2.05) is 20.8 Å². The number of H-pyrrole nitrogens is 1. The topological polar surface area (TPSA) is 78.5 Å². The van der Waals surface area contributed by atoms with Crippen LogP contribution in [0.2, 0.25) is 0 Å². The number of hydrogen-bond donors (Lipinski definition) is 1. The molecular weight excluding hydrogens is 364 g/mol. The van der Waals surface area contributed by atoms with Crippen molar-refractivity contribution < 1.29 is 9.53 Å². The molecule has 0 aliphatic carbocycles. The molecule has 0 saturated carbocycles. The Morgan fingerprint density at radius 2 is 1.96 bits per heavy atom. The number of nitrogens with one attached hydrogen (secondary N) is 1. The molecule has 8 heteroatoms.